The molecule has 0 radical (unpaired) electrons. The summed E-state index contributed by atoms with van der Waals surface area (Å²) in [4.78, 5) is 2.91. The zero-order valence-corrected chi connectivity index (χ0v) is 9.17. The van der Waals surface area contributed by atoms with Crippen molar-refractivity contribution in [2.24, 2.45) is 10.8 Å². The van der Waals surface area contributed by atoms with E-state index in [0.29, 0.717) is 0 Å². The van der Waals surface area contributed by atoms with Crippen molar-refractivity contribution in [3.63, 3.8) is 0 Å². The van der Waals surface area contributed by atoms with Gasteiger partial charge in [-0.2, -0.15) is 6.57 Å². The highest BCUT2D eigenvalue weighted by molar-refractivity contribution is 5.98. The van der Waals surface area contributed by atoms with Gasteiger partial charge in [0, 0.05) is 5.56 Å². The lowest BCUT2D eigenvalue weighted by atomic mass is 10.0. The average molecular weight is 221 g/mol. The summed E-state index contributed by atoms with van der Waals surface area (Å²) in [5.74, 6) is 0.250. The molecule has 82 valence electrons. The van der Waals surface area contributed by atoms with Crippen LogP contribution in [0.1, 0.15) is 5.56 Å². The normalized spacial score (nSPS) is 10.9. The Hall–Kier alpha value is -2.60. The van der Waals surface area contributed by atoms with E-state index in [-0.39, 0.29) is 5.84 Å². The van der Waals surface area contributed by atoms with E-state index in [1.807, 2.05) is 54.6 Å². The van der Waals surface area contributed by atoms with Crippen molar-refractivity contribution in [2.45, 2.75) is 0 Å². The van der Waals surface area contributed by atoms with Crippen LogP contribution in [0.2, 0.25) is 0 Å². The van der Waals surface area contributed by atoms with Crippen molar-refractivity contribution in [1.29, 1.82) is 0 Å². The second kappa shape index (κ2) is 4.95. The molecule has 0 aliphatic heterocycles. The summed E-state index contributed by atoms with van der Waals surface area (Å²) in [6, 6.07) is 17.7. The van der Waals surface area contributed by atoms with Crippen LogP contribution in [0.15, 0.2) is 59.7 Å². The fraction of sp³-hybridized carbons (Fsp3) is 0. The molecule has 0 unspecified atom stereocenters. The molecule has 0 amide bonds. The van der Waals surface area contributed by atoms with Crippen molar-refractivity contribution < 1.29 is 0 Å². The molecule has 2 rings (SSSR count). The van der Waals surface area contributed by atoms with E-state index in [2.05, 4.69) is 10.1 Å². The van der Waals surface area contributed by atoms with Gasteiger partial charge in [-0.05, 0) is 11.1 Å². The third kappa shape index (κ3) is 2.50. The second-order valence-corrected chi connectivity index (χ2v) is 3.53. The maximum Gasteiger partial charge on any atom is 0.214 e. The third-order valence-electron chi connectivity index (χ3n) is 2.45. The number of nitrogens with two attached hydrogens (primary N) is 1. The molecule has 3 nitrogen and oxygen atoms in total. The maximum atomic E-state index is 6.62. The lowest BCUT2D eigenvalue weighted by Crippen LogP contribution is -2.11. The Balaban J connectivity index is 2.32. The van der Waals surface area contributed by atoms with Gasteiger partial charge in [-0.3, -0.25) is 0 Å². The van der Waals surface area contributed by atoms with Crippen LogP contribution in [0.3, 0.4) is 0 Å². The van der Waals surface area contributed by atoms with Crippen molar-refractivity contribution in [3.8, 4) is 11.1 Å². The SMILES string of the molecule is [C-]#[N+]/N=C(/N)c1ccc(-c2ccccc2)cc1. The Labute approximate surface area is 100 Å². The highest BCUT2D eigenvalue weighted by Gasteiger charge is 2.02. The smallest absolute Gasteiger partial charge is 0.214 e. The largest absolute Gasteiger partial charge is 0.377 e. The first-order valence-electron chi connectivity index (χ1n) is 5.17. The summed E-state index contributed by atoms with van der Waals surface area (Å²) in [6.45, 7) is 6.62. The number of nitrogens with zero attached hydrogens (tertiary/aromatic N) is 2. The van der Waals surface area contributed by atoms with Crippen molar-refractivity contribution in [3.05, 3.63) is 71.7 Å². The Bertz CT molecular complexity index is 563. The van der Waals surface area contributed by atoms with E-state index in [9.17, 15) is 0 Å². The molecule has 0 aliphatic carbocycles. The van der Waals surface area contributed by atoms with Gasteiger partial charge in [0.2, 0.25) is 5.84 Å². The monoisotopic (exact) mass is 221 g/mol. The van der Waals surface area contributed by atoms with E-state index in [1.165, 1.54) is 0 Å². The van der Waals surface area contributed by atoms with E-state index in [0.717, 1.165) is 16.7 Å². The number of hydrogen-bond donors (Lipinski definition) is 1. The zero-order chi connectivity index (χ0) is 12.1. The molecule has 2 aromatic carbocycles. The number of amidine groups is 1. The summed E-state index contributed by atoms with van der Waals surface area (Å²) < 4.78 is 0. The van der Waals surface area contributed by atoms with Crippen LogP contribution < -0.4 is 5.73 Å². The van der Waals surface area contributed by atoms with Gasteiger partial charge in [0.15, 0.2) is 0 Å². The molecule has 0 saturated carbocycles. The first-order valence-corrected chi connectivity index (χ1v) is 5.17. The van der Waals surface area contributed by atoms with Crippen molar-refractivity contribution in [1.82, 2.24) is 0 Å². The zero-order valence-electron chi connectivity index (χ0n) is 9.17. The van der Waals surface area contributed by atoms with E-state index < -0.39 is 0 Å². The van der Waals surface area contributed by atoms with Crippen LogP contribution in [-0.4, -0.2) is 5.84 Å². The molecular weight excluding hydrogens is 210 g/mol. The lowest BCUT2D eigenvalue weighted by Gasteiger charge is -2.02. The van der Waals surface area contributed by atoms with E-state index in [4.69, 9.17) is 12.3 Å². The van der Waals surface area contributed by atoms with E-state index in [1.54, 1.807) is 0 Å². The predicted octanol–water partition coefficient (Wildman–Crippen LogP) is 2.89. The summed E-state index contributed by atoms with van der Waals surface area (Å²) in [7, 11) is 0. The van der Waals surface area contributed by atoms with Crippen LogP contribution in [0, 0.1) is 6.57 Å². The summed E-state index contributed by atoms with van der Waals surface area (Å²) in [5.41, 5.74) is 8.66. The topological polar surface area (TPSA) is 42.7 Å². The summed E-state index contributed by atoms with van der Waals surface area (Å²) >= 11 is 0. The molecule has 0 saturated heterocycles. The Morgan fingerprint density at radius 2 is 1.53 bits per heavy atom. The van der Waals surface area contributed by atoms with Crippen LogP contribution in [0.4, 0.5) is 0 Å². The Kier molecular flexibility index (Phi) is 3.18. The maximum absolute atomic E-state index is 6.62. The highest BCUT2D eigenvalue weighted by atomic mass is 15.2. The second-order valence-electron chi connectivity index (χ2n) is 3.53. The minimum Gasteiger partial charge on any atom is -0.377 e. The number of benzene rings is 2. The van der Waals surface area contributed by atoms with Crippen LogP contribution >= 0.6 is 0 Å². The first kappa shape index (κ1) is 10.9. The molecule has 0 spiro atoms. The molecule has 3 heteroatoms. The van der Waals surface area contributed by atoms with Gasteiger partial charge in [-0.15, -0.1) is 4.95 Å². The van der Waals surface area contributed by atoms with Crippen molar-refractivity contribution in [2.75, 3.05) is 0 Å². The molecule has 0 aromatic heterocycles. The lowest BCUT2D eigenvalue weighted by molar-refractivity contribution is 1.46. The van der Waals surface area contributed by atoms with E-state index >= 15 is 0 Å². The van der Waals surface area contributed by atoms with Crippen LogP contribution in [-0.2, 0) is 0 Å². The number of rotatable bonds is 2. The van der Waals surface area contributed by atoms with Gasteiger partial charge in [-0.1, -0.05) is 54.6 Å². The first-order chi connectivity index (χ1) is 8.31. The predicted molar refractivity (Wildman–Crippen MR) is 69.2 cm³/mol. The van der Waals surface area contributed by atoms with Gasteiger partial charge in [0.1, 0.15) is 5.10 Å². The standard InChI is InChI=1S/C14H11N3/c1-16-17-14(15)13-9-7-12(8-10-13)11-5-3-2-4-6-11/h2-10H,(H2,15,17). The van der Waals surface area contributed by atoms with Gasteiger partial charge in [0.25, 0.3) is 0 Å². The molecule has 0 fully saturated rings. The summed E-state index contributed by atoms with van der Waals surface area (Å²) in [5, 5.41) is 3.48. The molecular formula is C14H11N3. The van der Waals surface area contributed by atoms with Crippen LogP contribution in [0.25, 0.3) is 16.1 Å². The highest BCUT2D eigenvalue weighted by Crippen LogP contribution is 2.19. The summed E-state index contributed by atoms with van der Waals surface area (Å²) in [6.07, 6.45) is 0. The van der Waals surface area contributed by atoms with Gasteiger partial charge in [0.05, 0.1) is 0 Å². The minimum atomic E-state index is 0.250. The Morgan fingerprint density at radius 3 is 2.12 bits per heavy atom. The molecule has 0 bridgehead atoms. The number of hydrogen-bond acceptors (Lipinski definition) is 1. The average Bonchev–Trinajstić information content (AvgIpc) is 2.40. The molecule has 0 heterocycles. The van der Waals surface area contributed by atoms with Gasteiger partial charge < -0.3 is 5.73 Å². The van der Waals surface area contributed by atoms with Gasteiger partial charge >= 0.3 is 0 Å². The minimum absolute atomic E-state index is 0.250. The quantitative estimate of drug-likeness (QED) is 0.360. The molecule has 2 N–H and O–H groups in total. The molecule has 0 atom stereocenters. The fourth-order valence-electron chi connectivity index (χ4n) is 1.58. The molecule has 2 aromatic rings. The third-order valence-corrected chi connectivity index (χ3v) is 2.45. The van der Waals surface area contributed by atoms with Crippen molar-refractivity contribution >= 4 is 5.84 Å². The van der Waals surface area contributed by atoms with Crippen LogP contribution in [0.5, 0.6) is 0 Å². The Morgan fingerprint density at radius 1 is 0.941 bits per heavy atom. The van der Waals surface area contributed by atoms with Gasteiger partial charge in [-0.25, -0.2) is 0 Å². The molecule has 17 heavy (non-hydrogen) atoms. The molecule has 0 aliphatic rings. The fourth-order valence-corrected chi connectivity index (χ4v) is 1.58.